The largest absolute Gasteiger partial charge is 0.326 e. The molecule has 0 spiro atoms. The van der Waals surface area contributed by atoms with Crippen molar-refractivity contribution >= 4 is 34.8 Å². The molecule has 2 aromatic rings. The van der Waals surface area contributed by atoms with Gasteiger partial charge in [-0.25, -0.2) is 4.39 Å². The summed E-state index contributed by atoms with van der Waals surface area (Å²) in [5.41, 5.74) is 1.17. The van der Waals surface area contributed by atoms with Gasteiger partial charge in [0.15, 0.2) is 0 Å². The van der Waals surface area contributed by atoms with Crippen molar-refractivity contribution < 1.29 is 9.18 Å². The molecular weight excluding hydrogens is 326 g/mol. The summed E-state index contributed by atoms with van der Waals surface area (Å²) in [6.45, 7) is 0.828. The van der Waals surface area contributed by atoms with Crippen molar-refractivity contribution in [3.8, 4) is 0 Å². The third-order valence-electron chi connectivity index (χ3n) is 3.01. The van der Waals surface area contributed by atoms with Crippen LogP contribution in [0.5, 0.6) is 0 Å². The molecule has 3 nitrogen and oxygen atoms in total. The van der Waals surface area contributed by atoms with E-state index in [2.05, 4.69) is 10.6 Å². The van der Waals surface area contributed by atoms with Crippen molar-refractivity contribution in [1.82, 2.24) is 5.32 Å². The van der Waals surface area contributed by atoms with Gasteiger partial charge in [0.2, 0.25) is 5.91 Å². The summed E-state index contributed by atoms with van der Waals surface area (Å²) in [7, 11) is 0. The van der Waals surface area contributed by atoms with Gasteiger partial charge in [-0.05, 0) is 24.3 Å². The minimum atomic E-state index is -0.254. The van der Waals surface area contributed by atoms with E-state index in [-0.39, 0.29) is 18.1 Å². The Labute approximate surface area is 138 Å². The fourth-order valence-electron chi connectivity index (χ4n) is 1.86. The van der Waals surface area contributed by atoms with Crippen molar-refractivity contribution in [2.24, 2.45) is 0 Å². The van der Waals surface area contributed by atoms with Gasteiger partial charge in [0, 0.05) is 30.8 Å². The van der Waals surface area contributed by atoms with Crippen LogP contribution in [-0.2, 0) is 11.3 Å². The molecule has 0 saturated heterocycles. The molecule has 0 saturated carbocycles. The molecule has 0 aromatic heterocycles. The van der Waals surface area contributed by atoms with Gasteiger partial charge in [0.05, 0.1) is 10.0 Å². The van der Waals surface area contributed by atoms with Crippen LogP contribution in [0.4, 0.5) is 10.1 Å². The predicted molar refractivity (Wildman–Crippen MR) is 87.8 cm³/mol. The van der Waals surface area contributed by atoms with Crippen LogP contribution < -0.4 is 10.6 Å². The van der Waals surface area contributed by atoms with Crippen molar-refractivity contribution in [1.29, 1.82) is 0 Å². The average molecular weight is 341 g/mol. The first-order chi connectivity index (χ1) is 10.6. The number of carbonyl (C=O) groups is 1. The molecule has 0 atom stereocenters. The van der Waals surface area contributed by atoms with Gasteiger partial charge in [0.25, 0.3) is 0 Å². The summed E-state index contributed by atoms with van der Waals surface area (Å²) in [5.74, 6) is -0.408. The van der Waals surface area contributed by atoms with Crippen molar-refractivity contribution in [3.63, 3.8) is 0 Å². The molecular formula is C16H15Cl2FN2O. The summed E-state index contributed by atoms with van der Waals surface area (Å²) in [6.07, 6.45) is 0.273. The highest BCUT2D eigenvalue weighted by Crippen LogP contribution is 2.24. The fraction of sp³-hybridized carbons (Fsp3) is 0.188. The monoisotopic (exact) mass is 340 g/mol. The Hall–Kier alpha value is -1.62. The van der Waals surface area contributed by atoms with Crippen LogP contribution in [0.25, 0.3) is 0 Å². The Balaban J connectivity index is 1.74. The predicted octanol–water partition coefficient (Wildman–Crippen LogP) is 4.25. The van der Waals surface area contributed by atoms with Crippen LogP contribution in [0, 0.1) is 5.82 Å². The molecule has 0 aliphatic rings. The van der Waals surface area contributed by atoms with Gasteiger partial charge in [-0.1, -0.05) is 41.4 Å². The van der Waals surface area contributed by atoms with E-state index in [4.69, 9.17) is 23.2 Å². The van der Waals surface area contributed by atoms with Gasteiger partial charge in [-0.2, -0.15) is 0 Å². The normalized spacial score (nSPS) is 10.5. The molecule has 2 rings (SSSR count). The highest BCUT2D eigenvalue weighted by molar-refractivity contribution is 6.42. The number of nitrogens with one attached hydrogen (secondary N) is 2. The van der Waals surface area contributed by atoms with E-state index in [1.807, 2.05) is 0 Å². The summed E-state index contributed by atoms with van der Waals surface area (Å²) in [4.78, 5) is 11.8. The smallest absolute Gasteiger partial charge is 0.225 e. The number of anilines is 1. The Morgan fingerprint density at radius 3 is 2.59 bits per heavy atom. The van der Waals surface area contributed by atoms with E-state index < -0.39 is 0 Å². The average Bonchev–Trinajstić information content (AvgIpc) is 2.49. The molecule has 6 heteroatoms. The van der Waals surface area contributed by atoms with Crippen molar-refractivity contribution in [3.05, 3.63) is 63.9 Å². The van der Waals surface area contributed by atoms with Crippen LogP contribution in [0.15, 0.2) is 42.5 Å². The van der Waals surface area contributed by atoms with Crippen LogP contribution in [0.3, 0.4) is 0 Å². The van der Waals surface area contributed by atoms with E-state index in [0.717, 1.165) is 0 Å². The zero-order chi connectivity index (χ0) is 15.9. The lowest BCUT2D eigenvalue weighted by Crippen LogP contribution is -2.21. The van der Waals surface area contributed by atoms with Gasteiger partial charge in [0.1, 0.15) is 5.82 Å². The molecule has 0 aliphatic carbocycles. The molecule has 0 aliphatic heterocycles. The molecule has 0 unspecified atom stereocenters. The lowest BCUT2D eigenvalue weighted by Gasteiger charge is -2.08. The molecule has 0 bridgehead atoms. The molecule has 1 amide bonds. The van der Waals surface area contributed by atoms with Gasteiger partial charge in [-0.3, -0.25) is 4.79 Å². The topological polar surface area (TPSA) is 41.1 Å². The first-order valence-corrected chi connectivity index (χ1v) is 7.51. The van der Waals surface area contributed by atoms with Gasteiger partial charge in [-0.15, -0.1) is 0 Å². The third-order valence-corrected chi connectivity index (χ3v) is 3.74. The van der Waals surface area contributed by atoms with E-state index in [1.54, 1.807) is 36.4 Å². The Morgan fingerprint density at radius 1 is 1.09 bits per heavy atom. The second kappa shape index (κ2) is 8.13. The molecule has 2 N–H and O–H groups in total. The molecule has 2 aromatic carbocycles. The van der Waals surface area contributed by atoms with Crippen LogP contribution in [-0.4, -0.2) is 12.5 Å². The maximum atomic E-state index is 13.4. The SMILES string of the molecule is O=C(CCNCc1ccccc1F)Nc1ccc(Cl)c(Cl)c1. The lowest BCUT2D eigenvalue weighted by atomic mass is 10.2. The number of rotatable bonds is 6. The third kappa shape index (κ3) is 4.98. The number of amides is 1. The number of benzene rings is 2. The van der Waals surface area contributed by atoms with Crippen LogP contribution >= 0.6 is 23.2 Å². The maximum absolute atomic E-state index is 13.4. The van der Waals surface area contributed by atoms with Crippen LogP contribution in [0.1, 0.15) is 12.0 Å². The Morgan fingerprint density at radius 2 is 1.86 bits per heavy atom. The summed E-state index contributed by atoms with van der Waals surface area (Å²) >= 11 is 11.7. The first-order valence-electron chi connectivity index (χ1n) is 6.75. The van der Waals surface area contributed by atoms with Gasteiger partial charge >= 0.3 is 0 Å². The molecule has 0 radical (unpaired) electrons. The zero-order valence-corrected chi connectivity index (χ0v) is 13.2. The molecule has 22 heavy (non-hydrogen) atoms. The first kappa shape index (κ1) is 16.7. The summed E-state index contributed by atoms with van der Waals surface area (Å²) < 4.78 is 13.4. The van der Waals surface area contributed by atoms with E-state index in [0.29, 0.717) is 34.4 Å². The minimum Gasteiger partial charge on any atom is -0.326 e. The zero-order valence-electron chi connectivity index (χ0n) is 11.7. The Kier molecular flexibility index (Phi) is 6.19. The molecule has 0 fully saturated rings. The minimum absolute atomic E-state index is 0.153. The lowest BCUT2D eigenvalue weighted by molar-refractivity contribution is -0.116. The maximum Gasteiger partial charge on any atom is 0.225 e. The number of carbonyl (C=O) groups excluding carboxylic acids is 1. The van der Waals surface area contributed by atoms with Crippen LogP contribution in [0.2, 0.25) is 10.0 Å². The second-order valence-corrected chi connectivity index (χ2v) is 5.51. The van der Waals surface area contributed by atoms with E-state index in [1.165, 1.54) is 6.07 Å². The van der Waals surface area contributed by atoms with Crippen molar-refractivity contribution in [2.75, 3.05) is 11.9 Å². The number of hydrogen-bond donors (Lipinski definition) is 2. The van der Waals surface area contributed by atoms with E-state index in [9.17, 15) is 9.18 Å². The number of hydrogen-bond acceptors (Lipinski definition) is 2. The molecule has 116 valence electrons. The standard InChI is InChI=1S/C16H15Cl2FN2O/c17-13-6-5-12(9-14(13)18)21-16(22)7-8-20-10-11-3-1-2-4-15(11)19/h1-6,9,20H,7-8,10H2,(H,21,22). The van der Waals surface area contributed by atoms with Gasteiger partial charge < -0.3 is 10.6 Å². The second-order valence-electron chi connectivity index (χ2n) is 4.70. The Bertz CT molecular complexity index is 664. The van der Waals surface area contributed by atoms with E-state index >= 15 is 0 Å². The summed E-state index contributed by atoms with van der Waals surface area (Å²) in [5, 5.41) is 6.58. The quantitative estimate of drug-likeness (QED) is 0.771. The highest BCUT2D eigenvalue weighted by atomic mass is 35.5. The molecule has 0 heterocycles. The summed E-state index contributed by atoms with van der Waals surface area (Å²) in [6, 6.07) is 11.4. The van der Waals surface area contributed by atoms with Crippen molar-refractivity contribution in [2.45, 2.75) is 13.0 Å². The fourth-order valence-corrected chi connectivity index (χ4v) is 2.16. The highest BCUT2D eigenvalue weighted by Gasteiger charge is 2.05. The number of halogens is 3.